The number of hydrogen-bond donors (Lipinski definition) is 2. The van der Waals surface area contributed by atoms with E-state index in [0.717, 1.165) is 18.4 Å². The Morgan fingerprint density at radius 2 is 1.43 bits per heavy atom. The Bertz CT molecular complexity index is 665. The summed E-state index contributed by atoms with van der Waals surface area (Å²) in [5, 5.41) is 19.8. The second kappa shape index (κ2) is 6.27. The monoisotopic (exact) mass is 310 g/mol. The molecule has 0 heterocycles. The molecule has 122 valence electrons. The van der Waals surface area contributed by atoms with Crippen LogP contribution in [0.15, 0.2) is 42.5 Å². The quantitative estimate of drug-likeness (QED) is 0.789. The van der Waals surface area contributed by atoms with Gasteiger partial charge in [-0.1, -0.05) is 57.4 Å². The van der Waals surface area contributed by atoms with Crippen molar-refractivity contribution in [3.63, 3.8) is 0 Å². The zero-order chi connectivity index (χ0) is 16.4. The van der Waals surface area contributed by atoms with Crippen molar-refractivity contribution in [1.29, 1.82) is 0 Å². The third-order valence-electron chi connectivity index (χ3n) is 5.33. The highest BCUT2D eigenvalue weighted by Gasteiger charge is 2.36. The first-order chi connectivity index (χ1) is 11.0. The minimum atomic E-state index is 0.00326. The molecule has 0 unspecified atom stereocenters. The lowest BCUT2D eigenvalue weighted by atomic mass is 9.65. The van der Waals surface area contributed by atoms with Gasteiger partial charge in [0.1, 0.15) is 11.5 Å². The van der Waals surface area contributed by atoms with Gasteiger partial charge in [0.2, 0.25) is 0 Å². The van der Waals surface area contributed by atoms with Crippen LogP contribution >= 0.6 is 0 Å². The molecule has 1 aliphatic rings. The van der Waals surface area contributed by atoms with Gasteiger partial charge in [-0.15, -0.1) is 0 Å². The van der Waals surface area contributed by atoms with E-state index in [1.807, 2.05) is 6.07 Å². The van der Waals surface area contributed by atoms with Crippen molar-refractivity contribution in [1.82, 2.24) is 0 Å². The predicted molar refractivity (Wildman–Crippen MR) is 94.2 cm³/mol. The second-order valence-electron chi connectivity index (χ2n) is 7.12. The van der Waals surface area contributed by atoms with E-state index in [1.54, 1.807) is 12.1 Å². The Kier molecular flexibility index (Phi) is 4.34. The van der Waals surface area contributed by atoms with Crippen molar-refractivity contribution in [2.75, 3.05) is 0 Å². The van der Waals surface area contributed by atoms with Crippen molar-refractivity contribution in [3.05, 3.63) is 59.2 Å². The minimum Gasteiger partial charge on any atom is -0.508 e. The van der Waals surface area contributed by atoms with E-state index in [4.69, 9.17) is 0 Å². The minimum absolute atomic E-state index is 0.00326. The first kappa shape index (κ1) is 15.9. The number of rotatable bonds is 3. The van der Waals surface area contributed by atoms with Gasteiger partial charge in [-0.2, -0.15) is 0 Å². The van der Waals surface area contributed by atoms with Gasteiger partial charge >= 0.3 is 0 Å². The molecule has 2 heteroatoms. The normalized spacial score (nSPS) is 17.3. The first-order valence-electron chi connectivity index (χ1n) is 8.66. The molecule has 1 aliphatic carbocycles. The van der Waals surface area contributed by atoms with Crippen molar-refractivity contribution >= 4 is 0 Å². The summed E-state index contributed by atoms with van der Waals surface area (Å²) in [6, 6.07) is 13.8. The van der Waals surface area contributed by atoms with E-state index in [9.17, 15) is 10.2 Å². The number of hydrogen-bond acceptors (Lipinski definition) is 2. The van der Waals surface area contributed by atoms with Crippen LogP contribution in [0.3, 0.4) is 0 Å². The average molecular weight is 310 g/mol. The van der Waals surface area contributed by atoms with Gasteiger partial charge in [-0.05, 0) is 53.6 Å². The van der Waals surface area contributed by atoms with Crippen LogP contribution in [0, 0.1) is 0 Å². The lowest BCUT2D eigenvalue weighted by Crippen LogP contribution is -2.30. The molecule has 0 atom stereocenters. The number of phenolic OH excluding ortho intramolecular Hbond substituents is 2. The predicted octanol–water partition coefficient (Wildman–Crippen LogP) is 5.47. The Labute approximate surface area is 138 Å². The second-order valence-corrected chi connectivity index (χ2v) is 7.12. The van der Waals surface area contributed by atoms with E-state index >= 15 is 0 Å². The Hall–Kier alpha value is -1.96. The maximum Gasteiger partial charge on any atom is 0.119 e. The fourth-order valence-corrected chi connectivity index (χ4v) is 3.99. The molecule has 0 spiro atoms. The highest BCUT2D eigenvalue weighted by atomic mass is 16.3. The van der Waals surface area contributed by atoms with Crippen LogP contribution in [-0.4, -0.2) is 10.2 Å². The fraction of sp³-hybridized carbons (Fsp3) is 0.429. The topological polar surface area (TPSA) is 40.5 Å². The Morgan fingerprint density at radius 3 is 2.04 bits per heavy atom. The third-order valence-corrected chi connectivity index (χ3v) is 5.33. The highest BCUT2D eigenvalue weighted by molar-refractivity contribution is 5.47. The van der Waals surface area contributed by atoms with Gasteiger partial charge in [-0.25, -0.2) is 0 Å². The number of phenols is 2. The maximum absolute atomic E-state index is 10.2. The molecule has 0 bridgehead atoms. The molecule has 1 fully saturated rings. The van der Waals surface area contributed by atoms with Gasteiger partial charge in [0.25, 0.3) is 0 Å². The van der Waals surface area contributed by atoms with Gasteiger partial charge in [0.15, 0.2) is 0 Å². The van der Waals surface area contributed by atoms with Crippen LogP contribution in [0.25, 0.3) is 0 Å². The molecule has 0 radical (unpaired) electrons. The van der Waals surface area contributed by atoms with Gasteiger partial charge in [0, 0.05) is 5.41 Å². The molecular weight excluding hydrogens is 284 g/mol. The molecular formula is C21H26O2. The summed E-state index contributed by atoms with van der Waals surface area (Å²) in [5.41, 5.74) is 3.59. The molecule has 23 heavy (non-hydrogen) atoms. The van der Waals surface area contributed by atoms with Crippen LogP contribution in [-0.2, 0) is 5.41 Å². The zero-order valence-electron chi connectivity index (χ0n) is 14.0. The van der Waals surface area contributed by atoms with Crippen molar-refractivity contribution in [3.8, 4) is 11.5 Å². The van der Waals surface area contributed by atoms with Crippen molar-refractivity contribution in [2.24, 2.45) is 0 Å². The highest BCUT2D eigenvalue weighted by Crippen LogP contribution is 2.46. The number of benzene rings is 2. The van der Waals surface area contributed by atoms with Crippen LogP contribution in [0.4, 0.5) is 0 Å². The lowest BCUT2D eigenvalue weighted by molar-refractivity contribution is 0.344. The molecule has 2 aromatic rings. The summed E-state index contributed by atoms with van der Waals surface area (Å²) in [6.45, 7) is 4.24. The summed E-state index contributed by atoms with van der Waals surface area (Å²) < 4.78 is 0. The lowest BCUT2D eigenvalue weighted by Gasteiger charge is -2.39. The molecule has 3 rings (SSSR count). The third kappa shape index (κ3) is 2.95. The van der Waals surface area contributed by atoms with Crippen LogP contribution in [0.1, 0.15) is 68.6 Å². The summed E-state index contributed by atoms with van der Waals surface area (Å²) in [4.78, 5) is 0. The van der Waals surface area contributed by atoms with Gasteiger partial charge in [0.05, 0.1) is 0 Å². The average Bonchev–Trinajstić information content (AvgIpc) is 2.56. The van der Waals surface area contributed by atoms with E-state index in [1.165, 1.54) is 30.4 Å². The molecule has 2 nitrogen and oxygen atoms in total. The maximum atomic E-state index is 10.2. The van der Waals surface area contributed by atoms with E-state index in [2.05, 4.69) is 38.1 Å². The molecule has 0 aromatic heterocycles. The summed E-state index contributed by atoms with van der Waals surface area (Å²) >= 11 is 0. The summed E-state index contributed by atoms with van der Waals surface area (Å²) in [7, 11) is 0. The van der Waals surface area contributed by atoms with E-state index in [-0.39, 0.29) is 5.41 Å². The molecule has 2 aromatic carbocycles. The van der Waals surface area contributed by atoms with Crippen molar-refractivity contribution < 1.29 is 10.2 Å². The summed E-state index contributed by atoms with van der Waals surface area (Å²) in [6.07, 6.45) is 5.98. The first-order valence-corrected chi connectivity index (χ1v) is 8.66. The smallest absolute Gasteiger partial charge is 0.119 e. The van der Waals surface area contributed by atoms with Gasteiger partial charge < -0.3 is 10.2 Å². The Balaban J connectivity index is 2.13. The van der Waals surface area contributed by atoms with Gasteiger partial charge in [-0.3, -0.25) is 0 Å². The van der Waals surface area contributed by atoms with E-state index < -0.39 is 0 Å². The molecule has 0 aliphatic heterocycles. The van der Waals surface area contributed by atoms with Crippen LogP contribution in [0.2, 0.25) is 0 Å². The van der Waals surface area contributed by atoms with Crippen LogP contribution in [0.5, 0.6) is 11.5 Å². The molecule has 2 N–H and O–H groups in total. The fourth-order valence-electron chi connectivity index (χ4n) is 3.99. The molecule has 0 saturated heterocycles. The van der Waals surface area contributed by atoms with Crippen molar-refractivity contribution in [2.45, 2.75) is 57.3 Å². The number of aromatic hydroxyl groups is 2. The van der Waals surface area contributed by atoms with Crippen LogP contribution < -0.4 is 0 Å². The van der Waals surface area contributed by atoms with E-state index in [0.29, 0.717) is 17.4 Å². The molecule has 1 saturated carbocycles. The molecule has 0 amide bonds. The SMILES string of the molecule is CC(C)c1cc(C2(c3ccc(O)cc3)CCCCC2)ccc1O. The zero-order valence-corrected chi connectivity index (χ0v) is 14.0. The largest absolute Gasteiger partial charge is 0.508 e. The summed E-state index contributed by atoms with van der Waals surface area (Å²) in [5.74, 6) is 1.00. The standard InChI is InChI=1S/C21H26O2/c1-15(2)19-14-17(8-11-20(19)23)21(12-4-3-5-13-21)16-6-9-18(22)10-7-16/h6-11,14-15,22-23H,3-5,12-13H2,1-2H3. The Morgan fingerprint density at radius 1 is 0.826 bits per heavy atom.